The first-order valence-electron chi connectivity index (χ1n) is 5.54. The summed E-state index contributed by atoms with van der Waals surface area (Å²) in [6, 6.07) is 4.16. The number of aryl methyl sites for hydroxylation is 1. The van der Waals surface area contributed by atoms with Gasteiger partial charge in [-0.3, -0.25) is 9.59 Å². The number of hydrogen-bond acceptors (Lipinski definition) is 6. The van der Waals surface area contributed by atoms with Crippen molar-refractivity contribution in [1.82, 2.24) is 9.78 Å². The van der Waals surface area contributed by atoms with Crippen LogP contribution in [0.1, 0.15) is 20.2 Å². The van der Waals surface area contributed by atoms with E-state index in [1.807, 2.05) is 0 Å². The molecule has 1 N–H and O–H groups in total. The Morgan fingerprint density at radius 1 is 1.35 bits per heavy atom. The second kappa shape index (κ2) is 5.66. The maximum Gasteiger partial charge on any atom is 0.350 e. The van der Waals surface area contributed by atoms with Gasteiger partial charge in [-0.25, -0.2) is 9.48 Å². The van der Waals surface area contributed by atoms with Crippen molar-refractivity contribution in [3.8, 4) is 0 Å². The van der Waals surface area contributed by atoms with E-state index in [-0.39, 0.29) is 11.3 Å². The molecule has 0 radical (unpaired) electrons. The van der Waals surface area contributed by atoms with Crippen LogP contribution in [0.2, 0.25) is 0 Å². The van der Waals surface area contributed by atoms with E-state index in [1.54, 1.807) is 11.4 Å². The Hall–Kier alpha value is -2.48. The molecule has 0 aliphatic heterocycles. The molecule has 0 bridgehead atoms. The first kappa shape index (κ1) is 13.9. The predicted molar refractivity (Wildman–Crippen MR) is 73.1 cm³/mol. The number of amides is 1. The SMILES string of the molecule is COC(=O)c1sccc1NC(=O)c1ccc(=O)n(C)n1. The number of aromatic nitrogens is 2. The molecule has 2 aromatic heterocycles. The Morgan fingerprint density at radius 2 is 2.10 bits per heavy atom. The molecule has 0 spiro atoms. The van der Waals surface area contributed by atoms with Crippen LogP contribution in [0, 0.1) is 0 Å². The van der Waals surface area contributed by atoms with Gasteiger partial charge in [0.2, 0.25) is 0 Å². The van der Waals surface area contributed by atoms with Crippen molar-refractivity contribution in [3.63, 3.8) is 0 Å². The minimum Gasteiger partial charge on any atom is -0.465 e. The number of rotatable bonds is 3. The summed E-state index contributed by atoms with van der Waals surface area (Å²) < 4.78 is 5.68. The Kier molecular flexibility index (Phi) is 3.94. The van der Waals surface area contributed by atoms with E-state index < -0.39 is 11.9 Å². The summed E-state index contributed by atoms with van der Waals surface area (Å²) >= 11 is 1.16. The Morgan fingerprint density at radius 3 is 2.75 bits per heavy atom. The van der Waals surface area contributed by atoms with E-state index in [4.69, 9.17) is 0 Å². The van der Waals surface area contributed by atoms with E-state index in [2.05, 4.69) is 15.2 Å². The lowest BCUT2D eigenvalue weighted by Crippen LogP contribution is -2.23. The molecule has 20 heavy (non-hydrogen) atoms. The molecule has 0 atom stereocenters. The van der Waals surface area contributed by atoms with Crippen molar-refractivity contribution in [1.29, 1.82) is 0 Å². The van der Waals surface area contributed by atoms with Gasteiger partial charge in [0.1, 0.15) is 10.6 Å². The zero-order valence-electron chi connectivity index (χ0n) is 10.7. The summed E-state index contributed by atoms with van der Waals surface area (Å²) in [6.07, 6.45) is 0. The molecular weight excluding hydrogens is 282 g/mol. The number of carbonyl (C=O) groups excluding carboxylic acids is 2. The fraction of sp³-hybridized carbons (Fsp3) is 0.167. The lowest BCUT2D eigenvalue weighted by molar-refractivity contribution is 0.0607. The third kappa shape index (κ3) is 2.75. The van der Waals surface area contributed by atoms with Gasteiger partial charge in [-0.2, -0.15) is 5.10 Å². The topological polar surface area (TPSA) is 90.3 Å². The highest BCUT2D eigenvalue weighted by molar-refractivity contribution is 7.12. The molecule has 1 amide bonds. The number of nitrogens with one attached hydrogen (secondary N) is 1. The lowest BCUT2D eigenvalue weighted by Gasteiger charge is -2.05. The van der Waals surface area contributed by atoms with Gasteiger partial charge in [0.25, 0.3) is 11.5 Å². The maximum absolute atomic E-state index is 12.0. The van der Waals surface area contributed by atoms with Gasteiger partial charge in [0.05, 0.1) is 12.8 Å². The summed E-state index contributed by atoms with van der Waals surface area (Å²) in [5.74, 6) is -1.03. The number of anilines is 1. The number of esters is 1. The summed E-state index contributed by atoms with van der Waals surface area (Å²) in [5.41, 5.74) is 0.115. The molecule has 0 saturated heterocycles. The minimum atomic E-state index is -0.524. The van der Waals surface area contributed by atoms with Gasteiger partial charge >= 0.3 is 5.97 Å². The van der Waals surface area contributed by atoms with Gasteiger partial charge in [-0.15, -0.1) is 11.3 Å². The minimum absolute atomic E-state index is 0.0779. The average molecular weight is 293 g/mol. The van der Waals surface area contributed by atoms with Crippen LogP contribution in [0.25, 0.3) is 0 Å². The van der Waals surface area contributed by atoms with Crippen molar-refractivity contribution >= 4 is 28.9 Å². The number of ether oxygens (including phenoxy) is 1. The van der Waals surface area contributed by atoms with Crippen molar-refractivity contribution in [2.45, 2.75) is 0 Å². The van der Waals surface area contributed by atoms with Gasteiger partial charge in [0.15, 0.2) is 0 Å². The smallest absolute Gasteiger partial charge is 0.350 e. The van der Waals surface area contributed by atoms with Crippen LogP contribution in [0.3, 0.4) is 0 Å². The van der Waals surface area contributed by atoms with Gasteiger partial charge in [-0.05, 0) is 17.5 Å². The van der Waals surface area contributed by atoms with Gasteiger partial charge in [-0.1, -0.05) is 0 Å². The van der Waals surface area contributed by atoms with Crippen molar-refractivity contribution in [2.75, 3.05) is 12.4 Å². The molecule has 0 fully saturated rings. The molecular formula is C12H11N3O4S. The molecule has 2 heterocycles. The fourth-order valence-corrected chi connectivity index (χ4v) is 2.23. The largest absolute Gasteiger partial charge is 0.465 e. The zero-order valence-corrected chi connectivity index (χ0v) is 11.6. The second-order valence-corrected chi connectivity index (χ2v) is 4.71. The summed E-state index contributed by atoms with van der Waals surface area (Å²) in [7, 11) is 2.71. The quantitative estimate of drug-likeness (QED) is 0.848. The van der Waals surface area contributed by atoms with Crippen LogP contribution in [0.5, 0.6) is 0 Å². The zero-order chi connectivity index (χ0) is 14.7. The highest BCUT2D eigenvalue weighted by atomic mass is 32.1. The molecule has 8 heteroatoms. The van der Waals surface area contributed by atoms with Gasteiger partial charge in [0, 0.05) is 13.1 Å². The van der Waals surface area contributed by atoms with Crippen LogP contribution in [-0.2, 0) is 11.8 Å². The first-order chi connectivity index (χ1) is 9.52. The summed E-state index contributed by atoms with van der Waals surface area (Å²) in [4.78, 5) is 35.0. The highest BCUT2D eigenvalue weighted by Crippen LogP contribution is 2.23. The van der Waals surface area contributed by atoms with Crippen LogP contribution in [0.4, 0.5) is 5.69 Å². The van der Waals surface area contributed by atoms with Crippen molar-refractivity contribution in [2.24, 2.45) is 7.05 Å². The van der Waals surface area contributed by atoms with Gasteiger partial charge < -0.3 is 10.1 Å². The average Bonchev–Trinajstić information content (AvgIpc) is 2.89. The molecule has 0 saturated carbocycles. The van der Waals surface area contributed by atoms with Crippen LogP contribution in [-0.4, -0.2) is 28.8 Å². The van der Waals surface area contributed by atoms with E-state index in [1.165, 1.54) is 26.3 Å². The van der Waals surface area contributed by atoms with E-state index in [9.17, 15) is 14.4 Å². The standard InChI is InChI=1S/C12H11N3O4S/c1-15-9(16)4-3-8(14-15)11(17)13-7-5-6-20-10(7)12(18)19-2/h3-6H,1-2H3,(H,13,17). The second-order valence-electron chi connectivity index (χ2n) is 3.79. The van der Waals surface area contributed by atoms with E-state index in [0.717, 1.165) is 16.0 Å². The summed E-state index contributed by atoms with van der Waals surface area (Å²) in [5, 5.41) is 8.05. The third-order valence-electron chi connectivity index (χ3n) is 2.48. The number of methoxy groups -OCH3 is 1. The maximum atomic E-state index is 12.0. The summed E-state index contributed by atoms with van der Waals surface area (Å²) in [6.45, 7) is 0. The molecule has 0 aromatic carbocycles. The number of carbonyl (C=O) groups is 2. The van der Waals surface area contributed by atoms with Crippen LogP contribution in [0.15, 0.2) is 28.4 Å². The Balaban J connectivity index is 2.24. The molecule has 0 aliphatic carbocycles. The highest BCUT2D eigenvalue weighted by Gasteiger charge is 2.17. The fourth-order valence-electron chi connectivity index (χ4n) is 1.47. The molecule has 0 unspecified atom stereocenters. The predicted octanol–water partition coefficient (Wildman–Crippen LogP) is 0.881. The third-order valence-corrected chi connectivity index (χ3v) is 3.37. The van der Waals surface area contributed by atoms with Crippen LogP contribution < -0.4 is 10.9 Å². The normalized spacial score (nSPS) is 10.1. The molecule has 104 valence electrons. The monoisotopic (exact) mass is 293 g/mol. The first-order valence-corrected chi connectivity index (χ1v) is 6.42. The number of nitrogens with zero attached hydrogens (tertiary/aromatic N) is 2. The molecule has 0 aliphatic rings. The lowest BCUT2D eigenvalue weighted by atomic mass is 10.3. The van der Waals surface area contributed by atoms with E-state index in [0.29, 0.717) is 10.6 Å². The number of hydrogen-bond donors (Lipinski definition) is 1. The molecule has 2 rings (SSSR count). The van der Waals surface area contributed by atoms with E-state index >= 15 is 0 Å². The molecule has 7 nitrogen and oxygen atoms in total. The number of thiophene rings is 1. The van der Waals surface area contributed by atoms with Crippen LogP contribution >= 0.6 is 11.3 Å². The Bertz CT molecular complexity index is 719. The van der Waals surface area contributed by atoms with Crippen molar-refractivity contribution < 1.29 is 14.3 Å². The molecule has 2 aromatic rings. The van der Waals surface area contributed by atoms with Crippen molar-refractivity contribution in [3.05, 3.63) is 44.5 Å². The Labute approximate surface area is 117 Å².